The van der Waals surface area contributed by atoms with Crippen molar-refractivity contribution in [2.75, 3.05) is 13.6 Å². The van der Waals surface area contributed by atoms with Crippen LogP contribution in [-0.4, -0.2) is 34.3 Å². The summed E-state index contributed by atoms with van der Waals surface area (Å²) in [6.07, 6.45) is 4.52. The van der Waals surface area contributed by atoms with Crippen LogP contribution < -0.4 is 10.6 Å². The van der Waals surface area contributed by atoms with Gasteiger partial charge in [-0.1, -0.05) is 45.0 Å². The highest BCUT2D eigenvalue weighted by atomic mass is 15.3. The lowest BCUT2D eigenvalue weighted by molar-refractivity contribution is 0.498. The van der Waals surface area contributed by atoms with Crippen LogP contribution in [0.5, 0.6) is 0 Å². The number of hydrogen-bond donors (Lipinski definition) is 2. The minimum Gasteiger partial charge on any atom is -0.356 e. The number of guanidine groups is 1. The normalized spacial score (nSPS) is 14.7. The van der Waals surface area contributed by atoms with E-state index < -0.39 is 0 Å². The lowest BCUT2D eigenvalue weighted by Crippen LogP contribution is -2.43. The van der Waals surface area contributed by atoms with Crippen LogP contribution in [0.2, 0.25) is 0 Å². The molecule has 2 N–H and O–H groups in total. The Hall–Kier alpha value is -2.37. The van der Waals surface area contributed by atoms with E-state index in [0.717, 1.165) is 43.5 Å². The quantitative estimate of drug-likeness (QED) is 0.608. The number of aromatic nitrogens is 3. The van der Waals surface area contributed by atoms with E-state index in [0.29, 0.717) is 6.54 Å². The smallest absolute Gasteiger partial charge is 0.191 e. The minimum absolute atomic E-state index is 0.0118. The van der Waals surface area contributed by atoms with Gasteiger partial charge in [0, 0.05) is 32.0 Å². The van der Waals surface area contributed by atoms with Gasteiger partial charge in [0.15, 0.2) is 11.8 Å². The Morgan fingerprint density at radius 3 is 2.63 bits per heavy atom. The molecule has 6 heteroatoms. The topological polar surface area (TPSA) is 67.1 Å². The molecule has 0 radical (unpaired) electrons. The molecular weight excluding hydrogens is 336 g/mol. The molecule has 0 saturated carbocycles. The summed E-state index contributed by atoms with van der Waals surface area (Å²) in [5, 5.41) is 15.5. The van der Waals surface area contributed by atoms with E-state index in [1.807, 2.05) is 0 Å². The molecule has 2 aromatic rings. The van der Waals surface area contributed by atoms with Gasteiger partial charge < -0.3 is 15.2 Å². The second-order valence-electron chi connectivity index (χ2n) is 7.85. The van der Waals surface area contributed by atoms with E-state index >= 15 is 0 Å². The van der Waals surface area contributed by atoms with E-state index in [1.54, 1.807) is 7.05 Å². The molecule has 1 aliphatic rings. The zero-order chi connectivity index (χ0) is 19.3. The maximum atomic E-state index is 4.36. The lowest BCUT2D eigenvalue weighted by atomic mass is 9.84. The molecular formula is C21H32N6. The van der Waals surface area contributed by atoms with Gasteiger partial charge in [-0.15, -0.1) is 10.2 Å². The first-order valence-electron chi connectivity index (χ1n) is 9.98. The van der Waals surface area contributed by atoms with Crippen molar-refractivity contribution in [2.45, 2.75) is 65.0 Å². The van der Waals surface area contributed by atoms with Crippen LogP contribution >= 0.6 is 0 Å². The summed E-state index contributed by atoms with van der Waals surface area (Å²) in [6.45, 7) is 9.15. The molecule has 0 unspecified atom stereocenters. The highest BCUT2D eigenvalue weighted by Gasteiger charge is 2.21. The average molecular weight is 369 g/mol. The standard InChI is InChI=1S/C21H32N6/c1-5-16-9-11-17(12-10-16)21(2,3)15-24-20(22-4)23-14-19-26-25-18-8-6-7-13-27(18)19/h9-12H,5-8,13-15H2,1-4H3,(H2,22,23,24). The van der Waals surface area contributed by atoms with Crippen molar-refractivity contribution in [3.8, 4) is 0 Å². The van der Waals surface area contributed by atoms with Crippen LogP contribution in [0.15, 0.2) is 29.3 Å². The summed E-state index contributed by atoms with van der Waals surface area (Å²) >= 11 is 0. The Bertz CT molecular complexity index is 772. The number of nitrogens with zero attached hydrogens (tertiary/aromatic N) is 4. The van der Waals surface area contributed by atoms with Gasteiger partial charge in [0.2, 0.25) is 0 Å². The molecule has 2 heterocycles. The molecule has 0 spiro atoms. The van der Waals surface area contributed by atoms with Crippen molar-refractivity contribution >= 4 is 5.96 Å². The molecule has 0 aliphatic carbocycles. The third-order valence-corrected chi connectivity index (χ3v) is 5.42. The molecule has 27 heavy (non-hydrogen) atoms. The molecule has 1 aliphatic heterocycles. The Morgan fingerprint density at radius 2 is 1.93 bits per heavy atom. The number of aliphatic imine (C=N–C) groups is 1. The predicted octanol–water partition coefficient (Wildman–Crippen LogP) is 2.82. The molecule has 6 nitrogen and oxygen atoms in total. The molecule has 0 fully saturated rings. The summed E-state index contributed by atoms with van der Waals surface area (Å²) in [5.41, 5.74) is 2.71. The van der Waals surface area contributed by atoms with Crippen molar-refractivity contribution in [2.24, 2.45) is 4.99 Å². The van der Waals surface area contributed by atoms with E-state index in [2.05, 4.69) is 75.4 Å². The first kappa shape index (κ1) is 19.4. The summed E-state index contributed by atoms with van der Waals surface area (Å²) in [4.78, 5) is 4.36. The maximum absolute atomic E-state index is 4.36. The zero-order valence-electron chi connectivity index (χ0n) is 17.0. The second kappa shape index (κ2) is 8.55. The van der Waals surface area contributed by atoms with Crippen LogP contribution in [0.25, 0.3) is 0 Å². The van der Waals surface area contributed by atoms with Gasteiger partial charge in [-0.25, -0.2) is 0 Å². The molecule has 0 saturated heterocycles. The minimum atomic E-state index is 0.0118. The summed E-state index contributed by atoms with van der Waals surface area (Å²) in [5.74, 6) is 2.89. The van der Waals surface area contributed by atoms with Gasteiger partial charge >= 0.3 is 0 Å². The predicted molar refractivity (Wildman–Crippen MR) is 110 cm³/mol. The number of hydrogen-bond acceptors (Lipinski definition) is 3. The fourth-order valence-electron chi connectivity index (χ4n) is 3.48. The van der Waals surface area contributed by atoms with E-state index in [1.165, 1.54) is 24.0 Å². The zero-order valence-corrected chi connectivity index (χ0v) is 17.0. The SMILES string of the molecule is CCc1ccc(C(C)(C)CNC(=NC)NCc2nnc3n2CCCC3)cc1. The number of benzene rings is 1. The number of aryl methyl sites for hydroxylation is 2. The Labute approximate surface area is 162 Å². The van der Waals surface area contributed by atoms with Gasteiger partial charge in [0.25, 0.3) is 0 Å². The third-order valence-electron chi connectivity index (χ3n) is 5.42. The van der Waals surface area contributed by atoms with Gasteiger partial charge in [-0.3, -0.25) is 4.99 Å². The van der Waals surface area contributed by atoms with Crippen LogP contribution in [0.3, 0.4) is 0 Å². The van der Waals surface area contributed by atoms with Crippen molar-refractivity contribution in [3.63, 3.8) is 0 Å². The van der Waals surface area contributed by atoms with Crippen molar-refractivity contribution in [3.05, 3.63) is 47.0 Å². The van der Waals surface area contributed by atoms with Crippen LogP contribution in [0.1, 0.15) is 56.4 Å². The largest absolute Gasteiger partial charge is 0.356 e. The van der Waals surface area contributed by atoms with E-state index in [9.17, 15) is 0 Å². The van der Waals surface area contributed by atoms with Crippen LogP contribution in [0.4, 0.5) is 0 Å². The first-order valence-corrected chi connectivity index (χ1v) is 9.98. The number of rotatable bonds is 6. The van der Waals surface area contributed by atoms with Gasteiger partial charge in [0.1, 0.15) is 5.82 Å². The van der Waals surface area contributed by atoms with Crippen molar-refractivity contribution in [1.82, 2.24) is 25.4 Å². The molecule has 146 valence electrons. The van der Waals surface area contributed by atoms with Crippen molar-refractivity contribution < 1.29 is 0 Å². The molecule has 3 rings (SSSR count). The maximum Gasteiger partial charge on any atom is 0.191 e. The summed E-state index contributed by atoms with van der Waals surface area (Å²) in [7, 11) is 1.80. The summed E-state index contributed by atoms with van der Waals surface area (Å²) in [6, 6.07) is 8.91. The lowest BCUT2D eigenvalue weighted by Gasteiger charge is -2.27. The summed E-state index contributed by atoms with van der Waals surface area (Å²) < 4.78 is 2.24. The van der Waals surface area contributed by atoms with Crippen LogP contribution in [-0.2, 0) is 31.3 Å². The number of nitrogens with one attached hydrogen (secondary N) is 2. The Balaban J connectivity index is 1.56. The third kappa shape index (κ3) is 4.67. The van der Waals surface area contributed by atoms with Gasteiger partial charge in [0.05, 0.1) is 6.54 Å². The van der Waals surface area contributed by atoms with Gasteiger partial charge in [-0.2, -0.15) is 0 Å². The molecule has 0 atom stereocenters. The van der Waals surface area contributed by atoms with Gasteiger partial charge in [-0.05, 0) is 30.4 Å². The highest BCUT2D eigenvalue weighted by Crippen LogP contribution is 2.22. The fourth-order valence-corrected chi connectivity index (χ4v) is 3.48. The Kier molecular flexibility index (Phi) is 6.14. The second-order valence-corrected chi connectivity index (χ2v) is 7.85. The number of fused-ring (bicyclic) bond motifs is 1. The van der Waals surface area contributed by atoms with E-state index in [-0.39, 0.29) is 5.41 Å². The molecule has 1 aromatic carbocycles. The average Bonchev–Trinajstić information content (AvgIpc) is 3.11. The molecule has 0 amide bonds. The van der Waals surface area contributed by atoms with Crippen LogP contribution in [0, 0.1) is 0 Å². The first-order chi connectivity index (χ1) is 13.0. The van der Waals surface area contributed by atoms with E-state index in [4.69, 9.17) is 0 Å². The highest BCUT2D eigenvalue weighted by molar-refractivity contribution is 5.79. The molecule has 0 bridgehead atoms. The van der Waals surface area contributed by atoms with Crippen molar-refractivity contribution in [1.29, 1.82) is 0 Å². The molecule has 1 aromatic heterocycles. The Morgan fingerprint density at radius 1 is 1.15 bits per heavy atom. The monoisotopic (exact) mass is 368 g/mol. The fraction of sp³-hybridized carbons (Fsp3) is 0.571.